The number of likely N-dealkylation sites (tertiary alicyclic amines) is 1. The van der Waals surface area contributed by atoms with Gasteiger partial charge in [-0.15, -0.1) is 0 Å². The van der Waals surface area contributed by atoms with Gasteiger partial charge in [-0.2, -0.15) is 5.10 Å². The number of aryl methyl sites for hydroxylation is 1. The molecule has 0 radical (unpaired) electrons. The quantitative estimate of drug-likeness (QED) is 0.507. The number of benzene rings is 2. The maximum atomic E-state index is 13.2. The van der Waals surface area contributed by atoms with Crippen LogP contribution in [0.4, 0.5) is 0 Å². The van der Waals surface area contributed by atoms with Gasteiger partial charge in [-0.3, -0.25) is 9.48 Å². The number of methoxy groups -OCH3 is 1. The molecule has 0 bridgehead atoms. The second kappa shape index (κ2) is 7.98. The number of nitrogens with zero attached hydrogens (tertiary/aromatic N) is 5. The molecule has 1 aliphatic heterocycles. The van der Waals surface area contributed by atoms with Crippen LogP contribution in [0, 0.1) is 0 Å². The third-order valence-electron chi connectivity index (χ3n) is 6.27. The Morgan fingerprint density at radius 2 is 2.00 bits per heavy atom. The molecule has 1 unspecified atom stereocenters. The van der Waals surface area contributed by atoms with Crippen LogP contribution in [0.5, 0.6) is 5.75 Å². The zero-order chi connectivity index (χ0) is 21.4. The lowest BCUT2D eigenvalue weighted by atomic mass is 9.94. The van der Waals surface area contributed by atoms with Crippen molar-refractivity contribution in [1.29, 1.82) is 0 Å². The minimum Gasteiger partial charge on any atom is -0.497 e. The highest BCUT2D eigenvalue weighted by molar-refractivity contribution is 5.98. The van der Waals surface area contributed by atoms with E-state index in [1.165, 1.54) is 0 Å². The lowest BCUT2D eigenvalue weighted by molar-refractivity contribution is 0.0761. The largest absolute Gasteiger partial charge is 0.497 e. The molecule has 1 fully saturated rings. The zero-order valence-electron chi connectivity index (χ0n) is 17.8. The van der Waals surface area contributed by atoms with Gasteiger partial charge in [0.15, 0.2) is 0 Å². The first-order valence-corrected chi connectivity index (χ1v) is 10.6. The Morgan fingerprint density at radius 1 is 1.10 bits per heavy atom. The van der Waals surface area contributed by atoms with Crippen LogP contribution < -0.4 is 4.74 Å². The lowest BCUT2D eigenvalue weighted by Gasteiger charge is -2.21. The summed E-state index contributed by atoms with van der Waals surface area (Å²) in [5.74, 6) is 1.18. The summed E-state index contributed by atoms with van der Waals surface area (Å²) < 4.78 is 7.15. The van der Waals surface area contributed by atoms with E-state index in [0.717, 1.165) is 71.2 Å². The molecule has 5 rings (SSSR count). The minimum absolute atomic E-state index is 0.0867. The maximum absolute atomic E-state index is 13.2. The Hall–Kier alpha value is -3.48. The van der Waals surface area contributed by atoms with E-state index in [0.29, 0.717) is 5.92 Å². The minimum atomic E-state index is 0.0867. The summed E-state index contributed by atoms with van der Waals surface area (Å²) in [7, 11) is 3.57. The number of rotatable bonds is 3. The van der Waals surface area contributed by atoms with E-state index >= 15 is 0 Å². The van der Waals surface area contributed by atoms with E-state index in [4.69, 9.17) is 4.74 Å². The fourth-order valence-corrected chi connectivity index (χ4v) is 4.56. The van der Waals surface area contributed by atoms with E-state index < -0.39 is 0 Å². The second-order valence-electron chi connectivity index (χ2n) is 8.10. The molecule has 0 saturated carbocycles. The van der Waals surface area contributed by atoms with Crippen LogP contribution in [-0.2, 0) is 7.05 Å². The van der Waals surface area contributed by atoms with Gasteiger partial charge in [0.1, 0.15) is 12.1 Å². The molecule has 2 aromatic carbocycles. The SMILES string of the molecule is COc1ccc2c(C3CCCN(C(=O)c4ccc5c(cnn5C)c4)CC3)ncnc2c1. The molecule has 7 nitrogen and oxygen atoms in total. The average Bonchev–Trinajstić information content (AvgIpc) is 3.02. The van der Waals surface area contributed by atoms with Crippen molar-refractivity contribution >= 4 is 27.7 Å². The molecule has 1 saturated heterocycles. The number of fused-ring (bicyclic) bond motifs is 2. The third-order valence-corrected chi connectivity index (χ3v) is 6.27. The van der Waals surface area contributed by atoms with Crippen molar-refractivity contribution in [2.24, 2.45) is 7.05 Å². The molecular formula is C24H25N5O2. The van der Waals surface area contributed by atoms with Crippen LogP contribution in [0.1, 0.15) is 41.2 Å². The molecule has 1 atom stereocenters. The van der Waals surface area contributed by atoms with Crippen molar-refractivity contribution in [3.8, 4) is 5.75 Å². The maximum Gasteiger partial charge on any atom is 0.253 e. The van der Waals surface area contributed by atoms with E-state index in [-0.39, 0.29) is 5.91 Å². The Kier molecular flexibility index (Phi) is 5.02. The molecule has 7 heteroatoms. The van der Waals surface area contributed by atoms with Gasteiger partial charge in [0.05, 0.1) is 30.0 Å². The van der Waals surface area contributed by atoms with Gasteiger partial charge in [-0.05, 0) is 49.6 Å². The molecule has 158 valence electrons. The highest BCUT2D eigenvalue weighted by Crippen LogP contribution is 2.32. The van der Waals surface area contributed by atoms with Crippen molar-refractivity contribution in [2.75, 3.05) is 20.2 Å². The number of hydrogen-bond acceptors (Lipinski definition) is 5. The third kappa shape index (κ3) is 3.60. The summed E-state index contributed by atoms with van der Waals surface area (Å²) in [6.45, 7) is 1.48. The molecule has 3 heterocycles. The van der Waals surface area contributed by atoms with Crippen molar-refractivity contribution < 1.29 is 9.53 Å². The predicted octanol–water partition coefficient (Wildman–Crippen LogP) is 3.94. The van der Waals surface area contributed by atoms with E-state index in [9.17, 15) is 4.79 Å². The Balaban J connectivity index is 1.36. The van der Waals surface area contributed by atoms with Gasteiger partial charge in [0.2, 0.25) is 0 Å². The summed E-state index contributed by atoms with van der Waals surface area (Å²) in [5, 5.41) is 6.33. The molecule has 0 spiro atoms. The summed E-state index contributed by atoms with van der Waals surface area (Å²) in [6.07, 6.45) is 6.28. The fourth-order valence-electron chi connectivity index (χ4n) is 4.56. The molecule has 4 aromatic rings. The molecule has 0 aliphatic carbocycles. The molecular weight excluding hydrogens is 390 g/mol. The number of carbonyl (C=O) groups excluding carboxylic acids is 1. The van der Waals surface area contributed by atoms with Gasteiger partial charge in [-0.1, -0.05) is 0 Å². The van der Waals surface area contributed by atoms with Gasteiger partial charge in [-0.25, -0.2) is 9.97 Å². The van der Waals surface area contributed by atoms with E-state index in [1.807, 2.05) is 53.0 Å². The van der Waals surface area contributed by atoms with Crippen molar-refractivity contribution in [3.63, 3.8) is 0 Å². The second-order valence-corrected chi connectivity index (χ2v) is 8.10. The molecule has 0 N–H and O–H groups in total. The van der Waals surface area contributed by atoms with Gasteiger partial charge >= 0.3 is 0 Å². The first kappa shape index (κ1) is 19.5. The highest BCUT2D eigenvalue weighted by atomic mass is 16.5. The van der Waals surface area contributed by atoms with E-state index in [2.05, 4.69) is 15.1 Å². The Labute approximate surface area is 180 Å². The van der Waals surface area contributed by atoms with Crippen molar-refractivity contribution in [1.82, 2.24) is 24.6 Å². The summed E-state index contributed by atoms with van der Waals surface area (Å²) >= 11 is 0. The molecule has 31 heavy (non-hydrogen) atoms. The smallest absolute Gasteiger partial charge is 0.253 e. The standard InChI is InChI=1S/C24H25N5O2/c1-28-22-8-5-17(12-18(22)14-27-28)24(30)29-10-3-4-16(9-11-29)23-20-7-6-19(31-2)13-21(20)25-15-26-23/h5-8,12-16H,3-4,9-11H2,1-2H3. The number of ether oxygens (including phenoxy) is 1. The summed E-state index contributed by atoms with van der Waals surface area (Å²) in [4.78, 5) is 24.2. The molecule has 2 aromatic heterocycles. The number of amides is 1. The van der Waals surface area contributed by atoms with Crippen LogP contribution in [0.2, 0.25) is 0 Å². The van der Waals surface area contributed by atoms with E-state index in [1.54, 1.807) is 19.6 Å². The van der Waals surface area contributed by atoms with Gasteiger partial charge < -0.3 is 9.64 Å². The topological polar surface area (TPSA) is 73.1 Å². The van der Waals surface area contributed by atoms with Gasteiger partial charge in [0, 0.05) is 48.5 Å². The van der Waals surface area contributed by atoms with Crippen LogP contribution in [0.25, 0.3) is 21.8 Å². The first-order chi connectivity index (χ1) is 15.1. The van der Waals surface area contributed by atoms with Crippen LogP contribution in [-0.4, -0.2) is 50.8 Å². The number of carbonyl (C=O) groups is 1. The van der Waals surface area contributed by atoms with Crippen molar-refractivity contribution in [3.05, 3.63) is 60.2 Å². The summed E-state index contributed by atoms with van der Waals surface area (Å²) in [6, 6.07) is 11.8. The monoisotopic (exact) mass is 415 g/mol. The first-order valence-electron chi connectivity index (χ1n) is 10.6. The predicted molar refractivity (Wildman–Crippen MR) is 119 cm³/mol. The Bertz CT molecular complexity index is 1270. The number of hydrogen-bond donors (Lipinski definition) is 0. The summed E-state index contributed by atoms with van der Waals surface area (Å²) in [5.41, 5.74) is 3.71. The zero-order valence-corrected chi connectivity index (χ0v) is 17.8. The fraction of sp³-hybridized carbons (Fsp3) is 0.333. The molecule has 1 aliphatic rings. The van der Waals surface area contributed by atoms with Crippen LogP contribution >= 0.6 is 0 Å². The Morgan fingerprint density at radius 3 is 2.87 bits per heavy atom. The lowest BCUT2D eigenvalue weighted by Crippen LogP contribution is -2.32. The van der Waals surface area contributed by atoms with Gasteiger partial charge in [0.25, 0.3) is 5.91 Å². The number of aromatic nitrogens is 4. The normalized spacial score (nSPS) is 17.1. The highest BCUT2D eigenvalue weighted by Gasteiger charge is 2.25. The van der Waals surface area contributed by atoms with Crippen LogP contribution in [0.15, 0.2) is 48.9 Å². The average molecular weight is 415 g/mol. The van der Waals surface area contributed by atoms with Crippen LogP contribution in [0.3, 0.4) is 0 Å². The van der Waals surface area contributed by atoms with Crippen molar-refractivity contribution in [2.45, 2.75) is 25.2 Å². The molecule has 1 amide bonds.